The fourth-order valence-corrected chi connectivity index (χ4v) is 3.60. The number of amides is 1. The lowest BCUT2D eigenvalue weighted by Gasteiger charge is -2.30. The second-order valence-corrected chi connectivity index (χ2v) is 6.34. The molecule has 2 aromatic carbocycles. The largest absolute Gasteiger partial charge is 0.300 e. The van der Waals surface area contributed by atoms with Gasteiger partial charge in [0.15, 0.2) is 5.92 Å². The number of nitrogens with zero attached hydrogens (tertiary/aromatic N) is 3. The number of hydrogen-bond acceptors (Lipinski definition) is 3. The van der Waals surface area contributed by atoms with Crippen LogP contribution in [0.4, 0.5) is 5.95 Å². The lowest BCUT2D eigenvalue weighted by molar-refractivity contribution is -0.119. The Bertz CT molecular complexity index is 1020. The second kappa shape index (κ2) is 5.52. The van der Waals surface area contributed by atoms with Gasteiger partial charge in [-0.25, -0.2) is 4.98 Å². The van der Waals surface area contributed by atoms with Crippen LogP contribution in [0.1, 0.15) is 11.6 Å². The van der Waals surface area contributed by atoms with Crippen molar-refractivity contribution in [3.8, 4) is 6.07 Å². The summed E-state index contributed by atoms with van der Waals surface area (Å²) in [4.78, 5) is 16.8. The molecule has 1 aliphatic heterocycles. The van der Waals surface area contributed by atoms with E-state index < -0.39 is 17.9 Å². The third-order valence-electron chi connectivity index (χ3n) is 4.13. The van der Waals surface area contributed by atoms with Crippen molar-refractivity contribution in [2.45, 2.75) is 6.04 Å². The van der Waals surface area contributed by atoms with Gasteiger partial charge in [-0.1, -0.05) is 41.4 Å². The molecule has 2 heterocycles. The van der Waals surface area contributed by atoms with Crippen LogP contribution in [0.15, 0.2) is 42.5 Å². The fourth-order valence-electron chi connectivity index (χ4n) is 3.08. The highest BCUT2D eigenvalue weighted by molar-refractivity contribution is 6.35. The summed E-state index contributed by atoms with van der Waals surface area (Å²) in [5.74, 6) is -0.908. The average Bonchev–Trinajstić information content (AvgIpc) is 2.91. The first-order valence-electron chi connectivity index (χ1n) is 7.22. The van der Waals surface area contributed by atoms with E-state index in [4.69, 9.17) is 23.2 Å². The maximum Gasteiger partial charge on any atom is 0.246 e. The predicted molar refractivity (Wildman–Crippen MR) is 92.1 cm³/mol. The molecule has 118 valence electrons. The molecule has 0 saturated heterocycles. The van der Waals surface area contributed by atoms with Gasteiger partial charge in [0, 0.05) is 10.0 Å². The molecular weight excluding hydrogens is 347 g/mol. The molecule has 0 aliphatic carbocycles. The highest BCUT2D eigenvalue weighted by Crippen LogP contribution is 2.40. The lowest BCUT2D eigenvalue weighted by atomic mass is 9.91. The lowest BCUT2D eigenvalue weighted by Crippen LogP contribution is -2.37. The first-order valence-corrected chi connectivity index (χ1v) is 7.98. The Morgan fingerprint density at radius 3 is 2.75 bits per heavy atom. The maximum atomic E-state index is 12.4. The highest BCUT2D eigenvalue weighted by Gasteiger charge is 2.39. The van der Waals surface area contributed by atoms with Gasteiger partial charge in [-0.3, -0.25) is 10.1 Å². The summed E-state index contributed by atoms with van der Waals surface area (Å²) < 4.78 is 1.85. The van der Waals surface area contributed by atoms with Crippen molar-refractivity contribution in [2.75, 3.05) is 5.32 Å². The third kappa shape index (κ3) is 2.15. The summed E-state index contributed by atoms with van der Waals surface area (Å²) >= 11 is 12.3. The van der Waals surface area contributed by atoms with Gasteiger partial charge < -0.3 is 4.57 Å². The summed E-state index contributed by atoms with van der Waals surface area (Å²) in [7, 11) is 0. The van der Waals surface area contributed by atoms with E-state index in [1.807, 2.05) is 28.8 Å². The fraction of sp³-hybridized carbons (Fsp3) is 0.118. The van der Waals surface area contributed by atoms with Gasteiger partial charge in [-0.15, -0.1) is 0 Å². The van der Waals surface area contributed by atoms with Crippen molar-refractivity contribution in [1.29, 1.82) is 5.26 Å². The number of anilines is 1. The smallest absolute Gasteiger partial charge is 0.246 e. The van der Waals surface area contributed by atoms with Gasteiger partial charge in [0.05, 0.1) is 23.1 Å². The van der Waals surface area contributed by atoms with Crippen LogP contribution in [0, 0.1) is 17.2 Å². The monoisotopic (exact) mass is 356 g/mol. The Labute approximate surface area is 147 Å². The molecule has 2 atom stereocenters. The number of hydrogen-bond donors (Lipinski definition) is 1. The maximum absolute atomic E-state index is 12.4. The first kappa shape index (κ1) is 15.0. The molecule has 1 aliphatic rings. The predicted octanol–water partition coefficient (Wildman–Crippen LogP) is 4.02. The van der Waals surface area contributed by atoms with Crippen molar-refractivity contribution < 1.29 is 4.79 Å². The van der Waals surface area contributed by atoms with Gasteiger partial charge in [0.1, 0.15) is 0 Å². The van der Waals surface area contributed by atoms with E-state index in [-0.39, 0.29) is 0 Å². The minimum absolute atomic E-state index is 0.392. The van der Waals surface area contributed by atoms with E-state index in [0.29, 0.717) is 21.6 Å². The summed E-state index contributed by atoms with van der Waals surface area (Å²) in [5, 5.41) is 13.2. The van der Waals surface area contributed by atoms with Crippen molar-refractivity contribution in [3.63, 3.8) is 0 Å². The standard InChI is InChI=1S/C17H10Cl2N4O/c18-9-5-6-10(12(19)7-9)15-11(8-20)16(24)22-17-21-13-3-1-2-4-14(13)23(15)17/h1-7,11,15H,(H,21,22,24)/t11-,15+/m0/s1. The number of nitrogens with one attached hydrogen (secondary N) is 1. The van der Waals surface area contributed by atoms with Crippen LogP contribution in [0.25, 0.3) is 11.0 Å². The van der Waals surface area contributed by atoms with Gasteiger partial charge >= 0.3 is 0 Å². The summed E-state index contributed by atoms with van der Waals surface area (Å²) in [6.07, 6.45) is 0. The molecule has 0 saturated carbocycles. The van der Waals surface area contributed by atoms with Crippen LogP contribution in [0.2, 0.25) is 10.0 Å². The van der Waals surface area contributed by atoms with Crippen LogP contribution in [-0.2, 0) is 4.79 Å². The zero-order chi connectivity index (χ0) is 16.8. The number of rotatable bonds is 1. The van der Waals surface area contributed by atoms with Gasteiger partial charge in [-0.05, 0) is 29.8 Å². The molecule has 7 heteroatoms. The van der Waals surface area contributed by atoms with Crippen LogP contribution >= 0.6 is 23.2 Å². The number of imidazole rings is 1. The number of carbonyl (C=O) groups excluding carboxylic acids is 1. The van der Waals surface area contributed by atoms with Crippen molar-refractivity contribution in [2.24, 2.45) is 5.92 Å². The normalized spacial score (nSPS) is 19.6. The number of fused-ring (bicyclic) bond motifs is 3. The Balaban J connectivity index is 2.03. The summed E-state index contributed by atoms with van der Waals surface area (Å²) in [6, 6.07) is 14.1. The van der Waals surface area contributed by atoms with Crippen molar-refractivity contribution in [1.82, 2.24) is 9.55 Å². The van der Waals surface area contributed by atoms with Crippen LogP contribution in [-0.4, -0.2) is 15.5 Å². The Kier molecular flexibility index (Phi) is 3.45. The topological polar surface area (TPSA) is 70.7 Å². The van der Waals surface area contributed by atoms with Crippen LogP contribution < -0.4 is 5.32 Å². The molecule has 0 fully saturated rings. The summed E-state index contributed by atoms with van der Waals surface area (Å²) in [5.41, 5.74) is 2.22. The number of benzene rings is 2. The molecule has 0 radical (unpaired) electrons. The number of para-hydroxylation sites is 2. The molecule has 0 spiro atoms. The number of aromatic nitrogens is 2. The molecule has 1 amide bonds. The van der Waals surface area contributed by atoms with Crippen molar-refractivity contribution >= 4 is 46.1 Å². The number of carbonyl (C=O) groups is 1. The molecule has 1 N–H and O–H groups in total. The quantitative estimate of drug-likeness (QED) is 0.715. The molecule has 1 aromatic heterocycles. The molecule has 3 aromatic rings. The first-order chi connectivity index (χ1) is 11.6. The Morgan fingerprint density at radius 2 is 2.00 bits per heavy atom. The molecule has 0 bridgehead atoms. The number of halogens is 2. The van der Waals surface area contributed by atoms with Gasteiger partial charge in [-0.2, -0.15) is 5.26 Å². The van der Waals surface area contributed by atoms with E-state index in [1.165, 1.54) is 0 Å². The zero-order valence-corrected chi connectivity index (χ0v) is 13.7. The van der Waals surface area contributed by atoms with Crippen molar-refractivity contribution in [3.05, 3.63) is 58.1 Å². The molecule has 4 rings (SSSR count). The minimum Gasteiger partial charge on any atom is -0.300 e. The van der Waals surface area contributed by atoms with Gasteiger partial charge in [0.25, 0.3) is 0 Å². The zero-order valence-electron chi connectivity index (χ0n) is 12.2. The van der Waals surface area contributed by atoms with Gasteiger partial charge in [0.2, 0.25) is 11.9 Å². The van der Waals surface area contributed by atoms with E-state index in [2.05, 4.69) is 16.4 Å². The molecular formula is C17H10Cl2N4O. The number of nitriles is 1. The Morgan fingerprint density at radius 1 is 1.21 bits per heavy atom. The van der Waals surface area contributed by atoms with Crippen LogP contribution in [0.5, 0.6) is 0 Å². The second-order valence-electron chi connectivity index (χ2n) is 5.50. The van der Waals surface area contributed by atoms with E-state index in [0.717, 1.165) is 11.0 Å². The third-order valence-corrected chi connectivity index (χ3v) is 4.69. The average molecular weight is 357 g/mol. The molecule has 24 heavy (non-hydrogen) atoms. The molecule has 5 nitrogen and oxygen atoms in total. The Hall–Kier alpha value is -2.55. The SMILES string of the molecule is N#C[C@@H]1C(=O)Nc2nc3ccccc3n2[C@@H]1c1ccc(Cl)cc1Cl. The van der Waals surface area contributed by atoms with Crippen LogP contribution in [0.3, 0.4) is 0 Å². The van der Waals surface area contributed by atoms with E-state index in [1.54, 1.807) is 18.2 Å². The minimum atomic E-state index is -0.922. The van der Waals surface area contributed by atoms with E-state index in [9.17, 15) is 10.1 Å². The van der Waals surface area contributed by atoms with E-state index >= 15 is 0 Å². The summed E-state index contributed by atoms with van der Waals surface area (Å²) in [6.45, 7) is 0. The molecule has 0 unspecified atom stereocenters. The highest BCUT2D eigenvalue weighted by atomic mass is 35.5.